The minimum Gasteiger partial charge on any atom is -0.397 e. The van der Waals surface area contributed by atoms with Gasteiger partial charge in [0.15, 0.2) is 0 Å². The summed E-state index contributed by atoms with van der Waals surface area (Å²) in [5.41, 5.74) is 8.37. The van der Waals surface area contributed by atoms with E-state index in [2.05, 4.69) is 0 Å². The topological polar surface area (TPSA) is 29.3 Å². The molecule has 0 aromatic heterocycles. The van der Waals surface area contributed by atoms with Crippen molar-refractivity contribution >= 4 is 11.4 Å². The number of benzene rings is 2. The first-order valence-electron chi connectivity index (χ1n) is 6.63. The molecule has 1 aliphatic heterocycles. The molecule has 0 amide bonds. The molecule has 1 heterocycles. The van der Waals surface area contributed by atoms with Crippen molar-refractivity contribution in [2.45, 2.75) is 12.3 Å². The number of para-hydroxylation sites is 1. The number of anilines is 2. The standard InChI is InChI=1S/C16H16F2N2/c17-16(18,13-6-2-1-3-7-13)11-20-10-9-12-5-4-8-14(19)15(12)20/h1-8H,9-11,19H2. The number of hydrogen-bond acceptors (Lipinski definition) is 2. The molecular weight excluding hydrogens is 258 g/mol. The second-order valence-corrected chi connectivity index (χ2v) is 5.10. The van der Waals surface area contributed by atoms with Crippen molar-refractivity contribution in [1.82, 2.24) is 0 Å². The molecule has 0 spiro atoms. The highest BCUT2D eigenvalue weighted by molar-refractivity contribution is 5.74. The van der Waals surface area contributed by atoms with Gasteiger partial charge in [0, 0.05) is 12.1 Å². The summed E-state index contributed by atoms with van der Waals surface area (Å²) in [6.07, 6.45) is 0.769. The molecule has 2 N–H and O–H groups in total. The Kier molecular flexibility index (Phi) is 3.08. The van der Waals surface area contributed by atoms with Gasteiger partial charge in [0.1, 0.15) is 0 Å². The molecule has 1 aliphatic rings. The van der Waals surface area contributed by atoms with Crippen LogP contribution >= 0.6 is 0 Å². The summed E-state index contributed by atoms with van der Waals surface area (Å²) in [7, 11) is 0. The molecule has 0 atom stereocenters. The molecule has 20 heavy (non-hydrogen) atoms. The number of nitrogen functional groups attached to an aromatic ring is 1. The average Bonchev–Trinajstić information content (AvgIpc) is 2.84. The molecule has 104 valence electrons. The molecule has 2 aromatic rings. The van der Waals surface area contributed by atoms with Crippen LogP contribution in [-0.2, 0) is 12.3 Å². The van der Waals surface area contributed by atoms with Crippen molar-refractivity contribution in [3.05, 3.63) is 59.7 Å². The van der Waals surface area contributed by atoms with E-state index in [9.17, 15) is 8.78 Å². The first-order valence-corrected chi connectivity index (χ1v) is 6.63. The quantitative estimate of drug-likeness (QED) is 0.869. The maximum Gasteiger partial charge on any atom is 0.290 e. The van der Waals surface area contributed by atoms with E-state index in [1.54, 1.807) is 29.2 Å². The Morgan fingerprint density at radius 3 is 2.55 bits per heavy atom. The molecule has 2 nitrogen and oxygen atoms in total. The molecule has 0 fully saturated rings. The van der Waals surface area contributed by atoms with Crippen LogP contribution in [0.4, 0.5) is 20.2 Å². The van der Waals surface area contributed by atoms with E-state index in [1.165, 1.54) is 12.1 Å². The fourth-order valence-corrected chi connectivity index (χ4v) is 2.74. The third kappa shape index (κ3) is 2.22. The minimum absolute atomic E-state index is 0.0444. The van der Waals surface area contributed by atoms with Crippen LogP contribution in [0.3, 0.4) is 0 Å². The summed E-state index contributed by atoms with van der Waals surface area (Å²) >= 11 is 0. The van der Waals surface area contributed by atoms with Gasteiger partial charge in [-0.1, -0.05) is 42.5 Å². The lowest BCUT2D eigenvalue weighted by molar-refractivity contribution is 0.00435. The first-order chi connectivity index (χ1) is 9.58. The highest BCUT2D eigenvalue weighted by Crippen LogP contribution is 2.37. The third-order valence-corrected chi connectivity index (χ3v) is 3.70. The maximum atomic E-state index is 14.4. The van der Waals surface area contributed by atoms with Crippen LogP contribution in [0.5, 0.6) is 0 Å². The zero-order valence-corrected chi connectivity index (χ0v) is 11.0. The van der Waals surface area contributed by atoms with Crippen molar-refractivity contribution in [2.75, 3.05) is 23.7 Å². The molecule has 4 heteroatoms. The van der Waals surface area contributed by atoms with Gasteiger partial charge in [0.05, 0.1) is 17.9 Å². The second kappa shape index (κ2) is 4.78. The largest absolute Gasteiger partial charge is 0.397 e. The predicted molar refractivity (Wildman–Crippen MR) is 77.1 cm³/mol. The highest BCUT2D eigenvalue weighted by Gasteiger charge is 2.36. The molecule has 0 unspecified atom stereocenters. The predicted octanol–water partition coefficient (Wildman–Crippen LogP) is 3.42. The van der Waals surface area contributed by atoms with E-state index >= 15 is 0 Å². The number of nitrogens with two attached hydrogens (primary N) is 1. The van der Waals surface area contributed by atoms with E-state index in [0.29, 0.717) is 12.2 Å². The monoisotopic (exact) mass is 274 g/mol. The van der Waals surface area contributed by atoms with Crippen LogP contribution in [0.25, 0.3) is 0 Å². The number of fused-ring (bicyclic) bond motifs is 1. The minimum atomic E-state index is -2.88. The van der Waals surface area contributed by atoms with Gasteiger partial charge in [-0.05, 0) is 18.1 Å². The molecule has 0 bridgehead atoms. The lowest BCUT2D eigenvalue weighted by atomic mass is 10.1. The number of rotatable bonds is 3. The van der Waals surface area contributed by atoms with Crippen LogP contribution in [0.2, 0.25) is 0 Å². The summed E-state index contributed by atoms with van der Waals surface area (Å²) in [4.78, 5) is 1.69. The summed E-state index contributed by atoms with van der Waals surface area (Å²) in [5.74, 6) is -2.88. The highest BCUT2D eigenvalue weighted by atomic mass is 19.3. The van der Waals surface area contributed by atoms with Crippen LogP contribution in [0.1, 0.15) is 11.1 Å². The van der Waals surface area contributed by atoms with E-state index in [1.807, 2.05) is 12.1 Å². The van der Waals surface area contributed by atoms with Crippen molar-refractivity contribution in [3.8, 4) is 0 Å². The Bertz CT molecular complexity index is 611. The summed E-state index contributed by atoms with van der Waals surface area (Å²) in [5, 5.41) is 0. The average molecular weight is 274 g/mol. The normalized spacial score (nSPS) is 14.4. The van der Waals surface area contributed by atoms with Gasteiger partial charge < -0.3 is 10.6 Å². The SMILES string of the molecule is Nc1cccc2c1N(CC(F)(F)c1ccccc1)CC2. The van der Waals surface area contributed by atoms with Crippen LogP contribution in [-0.4, -0.2) is 13.1 Å². The summed E-state index contributed by atoms with van der Waals surface area (Å²) in [6, 6.07) is 13.5. The van der Waals surface area contributed by atoms with Crippen molar-refractivity contribution in [2.24, 2.45) is 0 Å². The lowest BCUT2D eigenvalue weighted by Gasteiger charge is -2.26. The Morgan fingerprint density at radius 1 is 1.05 bits per heavy atom. The van der Waals surface area contributed by atoms with E-state index in [0.717, 1.165) is 17.7 Å². The molecule has 0 saturated carbocycles. The van der Waals surface area contributed by atoms with Gasteiger partial charge >= 0.3 is 0 Å². The van der Waals surface area contributed by atoms with Crippen molar-refractivity contribution in [1.29, 1.82) is 0 Å². The summed E-state index contributed by atoms with van der Waals surface area (Å²) in [6.45, 7) is 0.254. The molecule has 2 aromatic carbocycles. The Morgan fingerprint density at radius 2 is 1.80 bits per heavy atom. The maximum absolute atomic E-state index is 14.4. The van der Waals surface area contributed by atoms with Crippen LogP contribution < -0.4 is 10.6 Å². The van der Waals surface area contributed by atoms with E-state index < -0.39 is 5.92 Å². The van der Waals surface area contributed by atoms with E-state index in [-0.39, 0.29) is 12.1 Å². The van der Waals surface area contributed by atoms with Gasteiger partial charge in [-0.25, -0.2) is 0 Å². The molecule has 0 radical (unpaired) electrons. The number of nitrogens with zero attached hydrogens (tertiary/aromatic N) is 1. The van der Waals surface area contributed by atoms with Gasteiger partial charge in [-0.15, -0.1) is 0 Å². The van der Waals surface area contributed by atoms with E-state index in [4.69, 9.17) is 5.73 Å². The Balaban J connectivity index is 1.87. The molecular formula is C16H16F2N2. The summed E-state index contributed by atoms with van der Waals surface area (Å²) < 4.78 is 28.7. The smallest absolute Gasteiger partial charge is 0.290 e. The third-order valence-electron chi connectivity index (χ3n) is 3.70. The number of halogens is 2. The zero-order chi connectivity index (χ0) is 14.2. The molecule has 3 rings (SSSR count). The van der Waals surface area contributed by atoms with Gasteiger partial charge in [-0.2, -0.15) is 8.78 Å². The van der Waals surface area contributed by atoms with Crippen molar-refractivity contribution < 1.29 is 8.78 Å². The fourth-order valence-electron chi connectivity index (χ4n) is 2.74. The lowest BCUT2D eigenvalue weighted by Crippen LogP contribution is -2.34. The zero-order valence-electron chi connectivity index (χ0n) is 11.0. The Hall–Kier alpha value is -2.10. The van der Waals surface area contributed by atoms with Gasteiger partial charge in [0.2, 0.25) is 0 Å². The Labute approximate surface area is 116 Å². The first kappa shape index (κ1) is 12.9. The fraction of sp³-hybridized carbons (Fsp3) is 0.250. The second-order valence-electron chi connectivity index (χ2n) is 5.10. The molecule has 0 saturated heterocycles. The number of hydrogen-bond donors (Lipinski definition) is 1. The van der Waals surface area contributed by atoms with Crippen molar-refractivity contribution in [3.63, 3.8) is 0 Å². The van der Waals surface area contributed by atoms with Crippen LogP contribution in [0, 0.1) is 0 Å². The number of alkyl halides is 2. The van der Waals surface area contributed by atoms with Crippen LogP contribution in [0.15, 0.2) is 48.5 Å². The molecule has 0 aliphatic carbocycles. The van der Waals surface area contributed by atoms with Gasteiger partial charge in [-0.3, -0.25) is 0 Å². The van der Waals surface area contributed by atoms with Gasteiger partial charge in [0.25, 0.3) is 5.92 Å².